The molecule has 6 heteroatoms. The van der Waals surface area contributed by atoms with Crippen molar-refractivity contribution in [2.24, 2.45) is 5.41 Å². The summed E-state index contributed by atoms with van der Waals surface area (Å²) >= 11 is 5.82. The van der Waals surface area contributed by atoms with Crippen LogP contribution >= 0.6 is 11.6 Å². The number of aromatic nitrogens is 1. The van der Waals surface area contributed by atoms with Gasteiger partial charge < -0.3 is 15.7 Å². The average Bonchev–Trinajstić information content (AvgIpc) is 2.39. The van der Waals surface area contributed by atoms with Gasteiger partial charge in [0.25, 0.3) is 0 Å². The SMILES string of the molecule is Cc1cc(NC(=O)NCCCC(C)(C)CO)cnc1Cl. The van der Waals surface area contributed by atoms with Gasteiger partial charge >= 0.3 is 6.03 Å². The fraction of sp³-hybridized carbons (Fsp3) is 0.571. The Bertz CT molecular complexity index is 464. The minimum atomic E-state index is -0.268. The van der Waals surface area contributed by atoms with Gasteiger partial charge in [-0.25, -0.2) is 9.78 Å². The first-order valence-corrected chi connectivity index (χ1v) is 7.00. The van der Waals surface area contributed by atoms with E-state index in [9.17, 15) is 4.79 Å². The number of aryl methyl sites for hydroxylation is 1. The van der Waals surface area contributed by atoms with Crippen molar-refractivity contribution in [2.45, 2.75) is 33.6 Å². The molecule has 0 aliphatic rings. The number of aliphatic hydroxyl groups is 1. The number of hydrogen-bond acceptors (Lipinski definition) is 3. The number of urea groups is 1. The first-order valence-electron chi connectivity index (χ1n) is 6.62. The van der Waals surface area contributed by atoms with Crippen LogP contribution in [0, 0.1) is 12.3 Å². The van der Waals surface area contributed by atoms with Crippen LogP contribution in [0.15, 0.2) is 12.3 Å². The average molecular weight is 300 g/mol. The van der Waals surface area contributed by atoms with Gasteiger partial charge in [-0.15, -0.1) is 0 Å². The normalized spacial score (nSPS) is 11.2. The predicted molar refractivity (Wildman–Crippen MR) is 81.1 cm³/mol. The number of nitrogens with one attached hydrogen (secondary N) is 2. The van der Waals surface area contributed by atoms with E-state index in [1.807, 2.05) is 20.8 Å². The highest BCUT2D eigenvalue weighted by molar-refractivity contribution is 6.30. The Labute approximate surface area is 124 Å². The number of pyridine rings is 1. The second-order valence-corrected chi connectivity index (χ2v) is 6.00. The van der Waals surface area contributed by atoms with Crippen molar-refractivity contribution in [1.82, 2.24) is 10.3 Å². The summed E-state index contributed by atoms with van der Waals surface area (Å²) in [5.41, 5.74) is 1.32. The molecule has 5 nitrogen and oxygen atoms in total. The van der Waals surface area contributed by atoms with Crippen molar-refractivity contribution >= 4 is 23.3 Å². The summed E-state index contributed by atoms with van der Waals surface area (Å²) in [6.07, 6.45) is 3.19. The molecule has 0 unspecified atom stereocenters. The number of halogens is 1. The quantitative estimate of drug-likeness (QED) is 0.558. The fourth-order valence-corrected chi connectivity index (χ4v) is 1.75. The molecule has 1 rings (SSSR count). The highest BCUT2D eigenvalue weighted by Crippen LogP contribution is 2.20. The molecule has 0 aliphatic carbocycles. The number of hydrogen-bond donors (Lipinski definition) is 3. The van der Waals surface area contributed by atoms with Gasteiger partial charge in [0.2, 0.25) is 0 Å². The molecule has 112 valence electrons. The maximum absolute atomic E-state index is 11.7. The first-order chi connectivity index (χ1) is 9.34. The van der Waals surface area contributed by atoms with Gasteiger partial charge in [0.05, 0.1) is 11.9 Å². The van der Waals surface area contributed by atoms with E-state index in [0.29, 0.717) is 17.4 Å². The fourth-order valence-electron chi connectivity index (χ4n) is 1.65. The van der Waals surface area contributed by atoms with E-state index in [-0.39, 0.29) is 18.1 Å². The molecular formula is C14H22ClN3O2. The van der Waals surface area contributed by atoms with Gasteiger partial charge in [0.1, 0.15) is 5.15 Å². The van der Waals surface area contributed by atoms with E-state index in [2.05, 4.69) is 15.6 Å². The molecule has 0 fully saturated rings. The lowest BCUT2D eigenvalue weighted by molar-refractivity contribution is 0.148. The number of nitrogens with zero attached hydrogens (tertiary/aromatic N) is 1. The molecule has 20 heavy (non-hydrogen) atoms. The van der Waals surface area contributed by atoms with Crippen LogP contribution in [0.2, 0.25) is 5.15 Å². The van der Waals surface area contributed by atoms with Gasteiger partial charge in [-0.05, 0) is 36.8 Å². The van der Waals surface area contributed by atoms with E-state index in [0.717, 1.165) is 18.4 Å². The van der Waals surface area contributed by atoms with Crippen molar-refractivity contribution in [3.05, 3.63) is 23.0 Å². The third-order valence-corrected chi connectivity index (χ3v) is 3.41. The monoisotopic (exact) mass is 299 g/mol. The van der Waals surface area contributed by atoms with Crippen LogP contribution < -0.4 is 10.6 Å². The minimum Gasteiger partial charge on any atom is -0.396 e. The topological polar surface area (TPSA) is 74.2 Å². The van der Waals surface area contributed by atoms with Crippen molar-refractivity contribution in [3.8, 4) is 0 Å². The van der Waals surface area contributed by atoms with Crippen LogP contribution in [0.1, 0.15) is 32.3 Å². The number of aliphatic hydroxyl groups excluding tert-OH is 1. The molecule has 0 saturated heterocycles. The maximum atomic E-state index is 11.7. The highest BCUT2D eigenvalue weighted by Gasteiger charge is 2.15. The summed E-state index contributed by atoms with van der Waals surface area (Å²) in [5.74, 6) is 0. The van der Waals surface area contributed by atoms with E-state index in [1.165, 1.54) is 6.20 Å². The Morgan fingerprint density at radius 1 is 1.50 bits per heavy atom. The maximum Gasteiger partial charge on any atom is 0.319 e. The van der Waals surface area contributed by atoms with Gasteiger partial charge in [-0.3, -0.25) is 0 Å². The minimum absolute atomic E-state index is 0.102. The van der Waals surface area contributed by atoms with Gasteiger partial charge in [0, 0.05) is 13.2 Å². The Balaban J connectivity index is 2.32. The second kappa shape index (κ2) is 7.45. The van der Waals surface area contributed by atoms with E-state index >= 15 is 0 Å². The zero-order chi connectivity index (χ0) is 15.2. The Morgan fingerprint density at radius 2 is 2.20 bits per heavy atom. The number of carbonyl (C=O) groups is 1. The summed E-state index contributed by atoms with van der Waals surface area (Å²) in [6, 6.07) is 1.50. The molecular weight excluding hydrogens is 278 g/mol. The lowest BCUT2D eigenvalue weighted by Crippen LogP contribution is -2.30. The molecule has 0 bridgehead atoms. The van der Waals surface area contributed by atoms with Crippen molar-refractivity contribution in [3.63, 3.8) is 0 Å². The molecule has 1 aromatic rings. The molecule has 0 aliphatic heterocycles. The summed E-state index contributed by atoms with van der Waals surface area (Å²) in [5, 5.41) is 15.0. The molecule has 2 amide bonds. The molecule has 0 aromatic carbocycles. The third kappa shape index (κ3) is 5.75. The van der Waals surface area contributed by atoms with Crippen LogP contribution in [0.3, 0.4) is 0 Å². The molecule has 0 atom stereocenters. The zero-order valence-electron chi connectivity index (χ0n) is 12.2. The first kappa shape index (κ1) is 16.7. The Kier molecular flexibility index (Phi) is 6.23. The standard InChI is InChI=1S/C14H22ClN3O2/c1-10-7-11(8-17-12(10)15)18-13(20)16-6-4-5-14(2,3)9-19/h7-8,19H,4-6,9H2,1-3H3,(H2,16,18,20). The van der Waals surface area contributed by atoms with Crippen LogP contribution in [0.4, 0.5) is 10.5 Å². The van der Waals surface area contributed by atoms with Crippen LogP contribution in [-0.2, 0) is 0 Å². The van der Waals surface area contributed by atoms with Gasteiger partial charge in [-0.1, -0.05) is 25.4 Å². The van der Waals surface area contributed by atoms with Gasteiger partial charge in [-0.2, -0.15) is 0 Å². The zero-order valence-corrected chi connectivity index (χ0v) is 12.9. The highest BCUT2D eigenvalue weighted by atomic mass is 35.5. The lowest BCUT2D eigenvalue weighted by Gasteiger charge is -2.21. The largest absolute Gasteiger partial charge is 0.396 e. The summed E-state index contributed by atoms with van der Waals surface area (Å²) < 4.78 is 0. The summed E-state index contributed by atoms with van der Waals surface area (Å²) in [6.45, 7) is 6.53. The van der Waals surface area contributed by atoms with Crippen LogP contribution in [0.5, 0.6) is 0 Å². The predicted octanol–water partition coefficient (Wildman–Crippen LogP) is 2.96. The number of amides is 2. The summed E-state index contributed by atoms with van der Waals surface area (Å²) in [7, 11) is 0. The van der Waals surface area contributed by atoms with Gasteiger partial charge in [0.15, 0.2) is 0 Å². The van der Waals surface area contributed by atoms with Crippen molar-refractivity contribution < 1.29 is 9.90 Å². The molecule has 3 N–H and O–H groups in total. The number of carbonyl (C=O) groups excluding carboxylic acids is 1. The Morgan fingerprint density at radius 3 is 2.80 bits per heavy atom. The van der Waals surface area contributed by atoms with Crippen molar-refractivity contribution in [1.29, 1.82) is 0 Å². The van der Waals surface area contributed by atoms with Crippen LogP contribution in [-0.4, -0.2) is 29.3 Å². The second-order valence-electron chi connectivity index (χ2n) is 5.64. The van der Waals surface area contributed by atoms with E-state index < -0.39 is 0 Å². The lowest BCUT2D eigenvalue weighted by atomic mass is 9.89. The molecule has 0 radical (unpaired) electrons. The number of rotatable bonds is 6. The Hall–Kier alpha value is -1.33. The van der Waals surface area contributed by atoms with Crippen molar-refractivity contribution in [2.75, 3.05) is 18.5 Å². The smallest absolute Gasteiger partial charge is 0.319 e. The van der Waals surface area contributed by atoms with Crippen LogP contribution in [0.25, 0.3) is 0 Å². The third-order valence-electron chi connectivity index (χ3n) is 3.02. The van der Waals surface area contributed by atoms with E-state index in [4.69, 9.17) is 16.7 Å². The molecule has 1 heterocycles. The number of anilines is 1. The molecule has 0 spiro atoms. The summed E-state index contributed by atoms with van der Waals surface area (Å²) in [4.78, 5) is 15.6. The van der Waals surface area contributed by atoms with E-state index in [1.54, 1.807) is 6.07 Å². The molecule has 0 saturated carbocycles. The molecule has 1 aromatic heterocycles.